The van der Waals surface area contributed by atoms with Crippen LogP contribution < -0.4 is 5.23 Å². The minimum atomic E-state index is -0.874. The van der Waals surface area contributed by atoms with Gasteiger partial charge in [-0.15, -0.1) is 13.6 Å². The van der Waals surface area contributed by atoms with Crippen molar-refractivity contribution in [2.24, 2.45) is 0 Å². The molecule has 0 aliphatic heterocycles. The molecular weight excluding hydrogens is 324 g/mol. The van der Waals surface area contributed by atoms with Crippen LogP contribution in [-0.4, -0.2) is 121 Å². The topological polar surface area (TPSA) is 32.3 Å². The van der Waals surface area contributed by atoms with Gasteiger partial charge in [0.05, 0.1) is 27.6 Å². The van der Waals surface area contributed by atoms with Crippen molar-refractivity contribution < 1.29 is 5.11 Å². The maximum atomic E-state index is 10.4. The molecule has 0 saturated heterocycles. The highest BCUT2D eigenvalue weighted by Gasteiger charge is 2.28. The van der Waals surface area contributed by atoms with Crippen molar-refractivity contribution in [1.29, 1.82) is 0 Å². The lowest BCUT2D eigenvalue weighted by Crippen LogP contribution is -2.61. The number of hydrogen-bond donors (Lipinski definition) is 2. The highest BCUT2D eigenvalue weighted by molar-refractivity contribution is 7.66. The van der Waals surface area contributed by atoms with Gasteiger partial charge in [0.2, 0.25) is 0 Å². The summed E-state index contributed by atoms with van der Waals surface area (Å²) in [5, 5.41) is 13.3. The van der Waals surface area contributed by atoms with E-state index < -0.39 is 31.6 Å². The van der Waals surface area contributed by atoms with Crippen molar-refractivity contribution in [2.45, 2.75) is 32.5 Å². The van der Waals surface area contributed by atoms with Gasteiger partial charge in [0.15, 0.2) is 0 Å². The number of hydrogen-bond acceptors (Lipinski definition) is 2. The van der Waals surface area contributed by atoms with Crippen LogP contribution in [0.2, 0.25) is 20.5 Å². The van der Waals surface area contributed by atoms with Gasteiger partial charge in [-0.1, -0.05) is 37.2 Å². The van der Waals surface area contributed by atoms with Crippen LogP contribution in [0.3, 0.4) is 0 Å². The maximum Gasteiger partial charge on any atom is 0.116 e. The van der Waals surface area contributed by atoms with Crippen LogP contribution in [0.15, 0.2) is 30.3 Å². The zero-order valence-electron chi connectivity index (χ0n) is 17.1. The lowest BCUT2D eigenvalue weighted by Gasteiger charge is -2.32. The molecule has 1 aromatic rings. The van der Waals surface area contributed by atoms with Crippen LogP contribution in [0.4, 0.5) is 0 Å². The molecule has 17 heteroatoms. The second-order valence-corrected chi connectivity index (χ2v) is 5.61. The Balaban J connectivity index is -0.000000589. The predicted octanol–water partition coefficient (Wildman–Crippen LogP) is -3.31. The van der Waals surface area contributed by atoms with E-state index in [0.29, 0.717) is 5.56 Å². The summed E-state index contributed by atoms with van der Waals surface area (Å²) in [5.41, 5.74) is 0.704. The van der Waals surface area contributed by atoms with E-state index in [4.69, 9.17) is 61.9 Å². The molecular formula is C11H18B15NO. The van der Waals surface area contributed by atoms with Gasteiger partial charge in [-0.05, 0) is 11.5 Å². The molecule has 0 aliphatic carbocycles. The smallest absolute Gasteiger partial charge is 0.116 e. The van der Waals surface area contributed by atoms with Gasteiger partial charge in [0, 0.05) is 81.8 Å². The third-order valence-corrected chi connectivity index (χ3v) is 2.92. The Bertz CT molecular complexity index is 425. The highest BCUT2D eigenvalue weighted by atomic mass is 16.3. The Morgan fingerprint density at radius 2 is 1.36 bits per heavy atom. The van der Waals surface area contributed by atoms with E-state index in [1.807, 2.05) is 18.2 Å². The second kappa shape index (κ2) is 21.8. The SMILES string of the molecule is [B]B([B])C.[B]C.[B][B]B([B])C(NB([B])B([B])[B])C(O)c1ccccc1.[B][B]C. The quantitative estimate of drug-likeness (QED) is 0.509. The van der Waals surface area contributed by atoms with E-state index in [2.05, 4.69) is 13.1 Å². The number of aliphatic hydroxyl groups is 1. The van der Waals surface area contributed by atoms with Crippen molar-refractivity contribution in [2.75, 3.05) is 0 Å². The molecule has 0 saturated carbocycles. The van der Waals surface area contributed by atoms with Gasteiger partial charge in [0.1, 0.15) is 6.63 Å². The first kappa shape index (κ1) is 32.8. The molecule has 0 fully saturated rings. The molecule has 1 rings (SSSR count). The monoisotopic (exact) mass is 345 g/mol. The van der Waals surface area contributed by atoms with Gasteiger partial charge in [0.25, 0.3) is 0 Å². The summed E-state index contributed by atoms with van der Waals surface area (Å²) in [7, 11) is 49.8. The summed E-state index contributed by atoms with van der Waals surface area (Å²) in [6.07, 6.45) is -1.64. The zero-order valence-corrected chi connectivity index (χ0v) is 17.1. The predicted molar refractivity (Wildman–Crippen MR) is 142 cm³/mol. The van der Waals surface area contributed by atoms with Crippen molar-refractivity contribution in [3.8, 4) is 0 Å². The van der Waals surface area contributed by atoms with E-state index in [1.165, 1.54) is 21.1 Å². The van der Waals surface area contributed by atoms with Crippen molar-refractivity contribution >= 4 is 110 Å². The molecule has 2 nitrogen and oxygen atoms in total. The Hall–Kier alpha value is 0.114. The maximum absolute atomic E-state index is 10.4. The molecule has 2 atom stereocenters. The third kappa shape index (κ3) is 18.2. The zero-order chi connectivity index (χ0) is 22.7. The molecule has 2 N–H and O–H groups in total. The Kier molecular flexibility index (Phi) is 25.5. The minimum Gasteiger partial charge on any atom is -0.388 e. The van der Waals surface area contributed by atoms with Gasteiger partial charge < -0.3 is 10.3 Å². The minimum absolute atomic E-state index is 0.167. The summed E-state index contributed by atoms with van der Waals surface area (Å²) in [5.74, 6) is -0.586. The molecule has 20 radical (unpaired) electrons. The largest absolute Gasteiger partial charge is 0.388 e. The molecule has 0 amide bonds. The molecule has 118 valence electrons. The van der Waals surface area contributed by atoms with E-state index in [0.717, 1.165) is 0 Å². The molecule has 0 bridgehead atoms. The molecule has 0 heterocycles. The fraction of sp³-hybridized carbons (Fsp3) is 0.455. The van der Waals surface area contributed by atoms with Crippen LogP contribution in [-0.2, 0) is 0 Å². The first-order valence-electron chi connectivity index (χ1n) is 8.77. The lowest BCUT2D eigenvalue weighted by atomic mass is 8.90. The third-order valence-electron chi connectivity index (χ3n) is 2.92. The summed E-state index contributed by atoms with van der Waals surface area (Å²) < 4.78 is 0. The molecule has 1 aromatic carbocycles. The fourth-order valence-electron chi connectivity index (χ4n) is 1.72. The fourth-order valence-corrected chi connectivity index (χ4v) is 1.72. The number of benzene rings is 1. The molecule has 0 spiro atoms. The van der Waals surface area contributed by atoms with Gasteiger partial charge >= 0.3 is 0 Å². The molecule has 2 unspecified atom stereocenters. The number of aliphatic hydroxyl groups excluding tert-OH is 1. The van der Waals surface area contributed by atoms with Crippen LogP contribution in [0.5, 0.6) is 0 Å². The van der Waals surface area contributed by atoms with E-state index in [9.17, 15) is 5.11 Å². The number of nitrogens with one attached hydrogen (secondary N) is 1. The van der Waals surface area contributed by atoms with Crippen LogP contribution in [0.25, 0.3) is 0 Å². The lowest BCUT2D eigenvalue weighted by molar-refractivity contribution is 0.167. The standard InChI is InChI=1S/C8H9B9NO.CH3B3.CH3B2.CH3B/c9-14-15(10)8(18-17(13)16(11)12)7(19)6-4-2-1-3-5-6;1-4(2)3;1-3-2;1-2/h1-5,7-8,18-19H;1H3;1H3;1H3. The summed E-state index contributed by atoms with van der Waals surface area (Å²) in [4.78, 5) is 0. The molecule has 0 aromatic heterocycles. The van der Waals surface area contributed by atoms with Crippen LogP contribution >= 0.6 is 0 Å². The average molecular weight is 342 g/mol. The second-order valence-electron chi connectivity index (χ2n) is 5.61. The van der Waals surface area contributed by atoms with E-state index >= 15 is 0 Å². The average Bonchev–Trinajstić information content (AvgIpc) is 2.67. The summed E-state index contributed by atoms with van der Waals surface area (Å²) >= 11 is 0. The summed E-state index contributed by atoms with van der Waals surface area (Å²) in [6.45, 7) is 3.54. The number of rotatable bonds is 7. The van der Waals surface area contributed by atoms with Crippen LogP contribution in [0, 0.1) is 0 Å². The Morgan fingerprint density at radius 3 is 1.68 bits per heavy atom. The van der Waals surface area contributed by atoms with E-state index in [1.54, 1.807) is 25.8 Å². The van der Waals surface area contributed by atoms with E-state index in [-0.39, 0.29) is 6.49 Å². The first-order chi connectivity index (χ1) is 13.1. The molecule has 28 heavy (non-hydrogen) atoms. The summed E-state index contributed by atoms with van der Waals surface area (Å²) in [6, 6.07) is 9.08. The normalized spacial score (nSPS) is 10.6. The Morgan fingerprint density at radius 1 is 0.964 bits per heavy atom. The van der Waals surface area contributed by atoms with Crippen molar-refractivity contribution in [3.63, 3.8) is 0 Å². The first-order valence-corrected chi connectivity index (χ1v) is 8.77. The molecule has 0 aliphatic rings. The van der Waals surface area contributed by atoms with Gasteiger partial charge in [-0.3, -0.25) is 0 Å². The van der Waals surface area contributed by atoms with Gasteiger partial charge in [-0.2, -0.15) is 0 Å². The Labute approximate surface area is 188 Å². The van der Waals surface area contributed by atoms with Crippen molar-refractivity contribution in [3.05, 3.63) is 35.9 Å². The van der Waals surface area contributed by atoms with Crippen LogP contribution in [0.1, 0.15) is 11.7 Å². The van der Waals surface area contributed by atoms with Crippen molar-refractivity contribution in [1.82, 2.24) is 5.23 Å². The van der Waals surface area contributed by atoms with Gasteiger partial charge in [-0.25, -0.2) is 0 Å². The highest BCUT2D eigenvalue weighted by Crippen LogP contribution is 2.17.